The van der Waals surface area contributed by atoms with Crippen molar-refractivity contribution in [1.29, 1.82) is 0 Å². The zero-order chi connectivity index (χ0) is 96.8. The molecule has 0 aromatic carbocycles. The van der Waals surface area contributed by atoms with Gasteiger partial charge >= 0.3 is 49.1 Å². The van der Waals surface area contributed by atoms with Gasteiger partial charge in [0.1, 0.15) is 47.0 Å². The first-order valence-electron chi connectivity index (χ1n) is 42.8. The van der Waals surface area contributed by atoms with Crippen molar-refractivity contribution in [2.75, 3.05) is 105 Å². The van der Waals surface area contributed by atoms with Crippen LogP contribution in [0.4, 0.5) is 71.9 Å². The molecule has 8 amide bonds. The Hall–Kier alpha value is -12.8. The van der Waals surface area contributed by atoms with Crippen molar-refractivity contribution >= 4 is 117 Å². The summed E-state index contributed by atoms with van der Waals surface area (Å²) in [7, 11) is 0. The van der Waals surface area contributed by atoms with E-state index in [4.69, 9.17) is 83.0 Å². The highest BCUT2D eigenvalue weighted by Crippen LogP contribution is 2.45. The van der Waals surface area contributed by atoms with Gasteiger partial charge in [0.25, 0.3) is 23.6 Å². The average molecular weight is 1990 g/mol. The number of ether oxygens (including phenoxy) is 4. The van der Waals surface area contributed by atoms with Crippen LogP contribution in [0.2, 0.25) is 20.6 Å². The van der Waals surface area contributed by atoms with Gasteiger partial charge in [-0.2, -0.15) is 52.7 Å². The van der Waals surface area contributed by atoms with Crippen LogP contribution in [0.3, 0.4) is 0 Å². The van der Waals surface area contributed by atoms with Gasteiger partial charge in [-0.15, -0.1) is 0 Å². The number of fused-ring (bicyclic) bond motifs is 4. The molecule has 8 aliphatic rings. The molecule has 20 heterocycles. The van der Waals surface area contributed by atoms with E-state index in [1.165, 1.54) is 119 Å². The molecule has 0 spiro atoms. The summed E-state index contributed by atoms with van der Waals surface area (Å²) in [5.74, 6) is -2.45. The van der Waals surface area contributed by atoms with Gasteiger partial charge in [-0.05, 0) is 97.9 Å². The molecule has 8 fully saturated rings. The van der Waals surface area contributed by atoms with Gasteiger partial charge in [-0.1, -0.05) is 74.1 Å². The number of alkyl halides is 12. The number of likely N-dealkylation sites (tertiary alicyclic amines) is 4. The highest BCUT2D eigenvalue weighted by Gasteiger charge is 2.48. The average Bonchev–Trinajstić information content (AvgIpc) is 1.60. The molecule has 0 unspecified atom stereocenters. The van der Waals surface area contributed by atoms with Crippen molar-refractivity contribution in [3.8, 4) is 44.5 Å². The first-order chi connectivity index (χ1) is 64.6. The maximum absolute atomic E-state index is 13.9. The van der Waals surface area contributed by atoms with Gasteiger partial charge in [-0.3, -0.25) is 36.8 Å². The van der Waals surface area contributed by atoms with Crippen LogP contribution < -0.4 is 0 Å². The number of aromatic nitrogens is 8. The molecule has 0 bridgehead atoms. The summed E-state index contributed by atoms with van der Waals surface area (Å²) in [6.45, 7) is 13.5. The lowest BCUT2D eigenvalue weighted by Gasteiger charge is -2.40. The van der Waals surface area contributed by atoms with Crippen molar-refractivity contribution in [3.05, 3.63) is 189 Å². The molecule has 8 saturated heterocycles. The number of amides is 8. The Bertz CT molecular complexity index is 5810. The van der Waals surface area contributed by atoms with Crippen LogP contribution in [0.25, 0.3) is 67.1 Å². The zero-order valence-electron chi connectivity index (χ0n) is 72.0. The van der Waals surface area contributed by atoms with E-state index < -0.39 is 93.2 Å². The minimum Gasteiger partial charge on any atom is -0.472 e. The monoisotopic (exact) mass is 1980 g/mol. The predicted molar refractivity (Wildman–Crippen MR) is 458 cm³/mol. The topological polar surface area (TPSA) is 321 Å². The first kappa shape index (κ1) is 94.9. The van der Waals surface area contributed by atoms with E-state index >= 15 is 0 Å². The van der Waals surface area contributed by atoms with Gasteiger partial charge in [0, 0.05) is 146 Å². The van der Waals surface area contributed by atoms with E-state index in [1.807, 2.05) is 27.7 Å². The fourth-order valence-corrected chi connectivity index (χ4v) is 19.8. The smallest absolute Gasteiger partial charge is 0.420 e. The highest BCUT2D eigenvalue weighted by atomic mass is 35.5. The molecule has 720 valence electrons. The standard InChI is InChI=1S/4C22H20ClF3N4O4/c4*1-12-9-28(4-2-16(12)29-5-7-34-21(29)32)20(31)17-18(23)30-10-14(13-3-6-33-11-13)8-15(19(30)27-17)22(24,25)26/h4*3,6,8,10-12,16H,2,4-5,7,9H2,1H3/t2*12-,16+;2*12-,16-/m1010/s1. The minimum atomic E-state index is -4.72. The second kappa shape index (κ2) is 37.3. The number of pyridine rings is 4. The van der Waals surface area contributed by atoms with E-state index in [-0.39, 0.29) is 138 Å². The van der Waals surface area contributed by atoms with Gasteiger partial charge < -0.3 is 75.8 Å². The molecule has 12 aromatic heterocycles. The first-order valence-corrected chi connectivity index (χ1v) is 44.3. The molecule has 8 atom stereocenters. The van der Waals surface area contributed by atoms with Crippen LogP contribution >= 0.6 is 46.4 Å². The maximum atomic E-state index is 13.9. The Morgan fingerprint density at radius 2 is 0.515 bits per heavy atom. The molecule has 0 saturated carbocycles. The predicted octanol–water partition coefficient (Wildman–Crippen LogP) is 18.3. The number of imidazole rings is 4. The number of carbonyl (C=O) groups is 8. The summed E-state index contributed by atoms with van der Waals surface area (Å²) >= 11 is 25.6. The molecular weight excluding hydrogens is 1910 g/mol. The SMILES string of the molecule is C[C@@H]1CN(C(=O)c2nc3c(C(F)(F)F)cc(-c4ccoc4)cn3c2Cl)CC[C@@H]1N1CCOC1=O.C[C@@H]1CN(C(=O)c2nc3c(C(F)(F)F)cc(-c4ccoc4)cn3c2Cl)CC[C@H]1N1CCOC1=O.C[C@H]1CN(C(=O)c2nc3c(C(F)(F)F)cc(-c4ccoc4)cn3c2Cl)CC[C@@H]1N1CCOC1=O.C[C@H]1CN(C(=O)c2nc3c(C(F)(F)F)cc(-c4ccoc4)cn3c2Cl)CC[C@H]1N1CCOC1=O. The fraction of sp³-hybridized carbons (Fsp3) is 0.409. The van der Waals surface area contributed by atoms with E-state index in [0.29, 0.717) is 153 Å². The molecule has 8 aliphatic heterocycles. The number of piperidine rings is 4. The summed E-state index contributed by atoms with van der Waals surface area (Å²) in [5, 5.41) is -0.801. The van der Waals surface area contributed by atoms with Crippen LogP contribution in [0.15, 0.2) is 141 Å². The van der Waals surface area contributed by atoms with Crippen molar-refractivity contribution in [1.82, 2.24) is 76.7 Å². The number of hydrogen-bond donors (Lipinski definition) is 0. The van der Waals surface area contributed by atoms with E-state index in [9.17, 15) is 91.0 Å². The Kier molecular flexibility index (Phi) is 26.1. The van der Waals surface area contributed by atoms with E-state index in [0.717, 1.165) is 41.9 Å². The number of nitrogens with zero attached hydrogens (tertiary/aromatic N) is 16. The quantitative estimate of drug-likeness (QED) is 0.0810. The van der Waals surface area contributed by atoms with Gasteiger partial charge in [0.2, 0.25) is 0 Å². The molecule has 0 radical (unpaired) electrons. The summed E-state index contributed by atoms with van der Waals surface area (Å²) < 4.78 is 211. The number of rotatable bonds is 12. The van der Waals surface area contributed by atoms with Crippen LogP contribution in [-0.4, -0.2) is 254 Å². The summed E-state index contributed by atoms with van der Waals surface area (Å²) in [6, 6.07) is 9.63. The van der Waals surface area contributed by atoms with Crippen LogP contribution in [0.1, 0.15) is 118 Å². The molecule has 32 nitrogen and oxygen atoms in total. The van der Waals surface area contributed by atoms with Crippen molar-refractivity contribution in [2.45, 2.75) is 102 Å². The number of hydrogen-bond acceptors (Lipinski definition) is 20. The van der Waals surface area contributed by atoms with Crippen molar-refractivity contribution in [2.24, 2.45) is 23.7 Å². The number of cyclic esters (lactones) is 4. The Morgan fingerprint density at radius 1 is 0.316 bits per heavy atom. The molecule has 12 aromatic rings. The zero-order valence-corrected chi connectivity index (χ0v) is 75.1. The Labute approximate surface area is 781 Å². The van der Waals surface area contributed by atoms with Crippen molar-refractivity contribution < 1.29 is 128 Å². The molecule has 0 aliphatic carbocycles. The lowest BCUT2D eigenvalue weighted by atomic mass is 9.92. The minimum absolute atomic E-state index is 0.0578. The second-order valence-corrected chi connectivity index (χ2v) is 35.4. The highest BCUT2D eigenvalue weighted by molar-refractivity contribution is 6.34. The van der Waals surface area contributed by atoms with Gasteiger partial charge in [0.15, 0.2) is 45.4 Å². The molecule has 136 heavy (non-hydrogen) atoms. The summed E-state index contributed by atoms with van der Waals surface area (Å²) in [5.41, 5.74) is -4.20. The maximum Gasteiger partial charge on any atom is 0.420 e. The Balaban J connectivity index is 0.000000126. The number of furan rings is 4. The van der Waals surface area contributed by atoms with E-state index in [2.05, 4.69) is 19.9 Å². The molecule has 0 N–H and O–H groups in total. The van der Waals surface area contributed by atoms with Crippen molar-refractivity contribution in [3.63, 3.8) is 0 Å². The Morgan fingerprint density at radius 3 is 0.669 bits per heavy atom. The normalized spacial score (nSPS) is 21.4. The number of halogens is 16. The van der Waals surface area contributed by atoms with E-state index in [1.54, 1.807) is 19.6 Å². The van der Waals surface area contributed by atoms with Crippen LogP contribution in [0, 0.1) is 23.7 Å². The lowest BCUT2D eigenvalue weighted by Crippen LogP contribution is -2.52. The summed E-state index contributed by atoms with van der Waals surface area (Å²) in [6.07, 6.45) is -1.98. The van der Waals surface area contributed by atoms with Crippen LogP contribution in [-0.2, 0) is 43.7 Å². The van der Waals surface area contributed by atoms with Gasteiger partial charge in [0.05, 0.1) is 98.5 Å². The molecule has 20 rings (SSSR count). The molecule has 48 heteroatoms. The third-order valence-electron chi connectivity index (χ3n) is 25.5. The summed E-state index contributed by atoms with van der Waals surface area (Å²) in [4.78, 5) is 130. The third-order valence-corrected chi connectivity index (χ3v) is 26.9. The lowest BCUT2D eigenvalue weighted by molar-refractivity contribution is -0.137. The second-order valence-electron chi connectivity index (χ2n) is 34.0. The number of carbonyl (C=O) groups excluding carboxylic acids is 8. The van der Waals surface area contributed by atoms with Gasteiger partial charge in [-0.25, -0.2) is 39.1 Å². The van der Waals surface area contributed by atoms with Crippen LogP contribution in [0.5, 0.6) is 0 Å². The third kappa shape index (κ3) is 18.5. The fourth-order valence-electron chi connectivity index (χ4n) is 18.7. The molecular formula is C88H80Cl4F12N16O16. The largest absolute Gasteiger partial charge is 0.472 e.